The summed E-state index contributed by atoms with van der Waals surface area (Å²) in [5, 5.41) is 2.44. The number of methoxy groups -OCH3 is 1. The molecule has 18 heavy (non-hydrogen) atoms. The van der Waals surface area contributed by atoms with Crippen LogP contribution in [0.3, 0.4) is 0 Å². The predicted octanol–water partition coefficient (Wildman–Crippen LogP) is 4.03. The number of ether oxygens (including phenoxy) is 1. The molecular weight excluding hydrogens is 224 g/mol. The molecule has 1 aromatic heterocycles. The molecule has 3 rings (SSSR count). The van der Waals surface area contributed by atoms with Crippen molar-refractivity contribution >= 4 is 10.8 Å². The van der Waals surface area contributed by atoms with E-state index in [1.165, 1.54) is 16.3 Å². The zero-order valence-corrected chi connectivity index (χ0v) is 10.2. The molecule has 0 atom stereocenters. The van der Waals surface area contributed by atoms with E-state index in [0.717, 1.165) is 17.9 Å². The lowest BCUT2D eigenvalue weighted by Gasteiger charge is -2.07. The van der Waals surface area contributed by atoms with Gasteiger partial charge in [0.2, 0.25) is 0 Å². The van der Waals surface area contributed by atoms with Gasteiger partial charge in [-0.2, -0.15) is 0 Å². The fourth-order valence-corrected chi connectivity index (χ4v) is 2.21. The average Bonchev–Trinajstić information content (AvgIpc) is 2.91. The number of benzene rings is 2. The molecule has 3 aromatic rings. The van der Waals surface area contributed by atoms with E-state index in [1.807, 2.05) is 18.2 Å². The topological polar surface area (TPSA) is 22.4 Å². The first kappa shape index (κ1) is 10.9. The predicted molar refractivity (Wildman–Crippen MR) is 72.0 cm³/mol. The molecule has 2 nitrogen and oxygen atoms in total. The van der Waals surface area contributed by atoms with E-state index in [0.29, 0.717) is 0 Å². The van der Waals surface area contributed by atoms with Gasteiger partial charge in [0, 0.05) is 6.42 Å². The van der Waals surface area contributed by atoms with Crippen LogP contribution in [-0.4, -0.2) is 7.11 Å². The highest BCUT2D eigenvalue weighted by Gasteiger charge is 2.04. The third kappa shape index (κ3) is 1.97. The van der Waals surface area contributed by atoms with Crippen molar-refractivity contribution in [3.8, 4) is 5.75 Å². The second-order valence-corrected chi connectivity index (χ2v) is 4.26. The number of furan rings is 1. The minimum atomic E-state index is 0.816. The van der Waals surface area contributed by atoms with Crippen molar-refractivity contribution < 1.29 is 9.15 Å². The maximum absolute atomic E-state index is 5.41. The molecule has 90 valence electrons. The third-order valence-electron chi connectivity index (χ3n) is 3.12. The van der Waals surface area contributed by atoms with E-state index in [-0.39, 0.29) is 0 Å². The summed E-state index contributed by atoms with van der Waals surface area (Å²) >= 11 is 0. The van der Waals surface area contributed by atoms with Crippen molar-refractivity contribution in [1.29, 1.82) is 0 Å². The molecule has 0 saturated carbocycles. The summed E-state index contributed by atoms with van der Waals surface area (Å²) in [5.41, 5.74) is 1.27. The molecule has 0 spiro atoms. The van der Waals surface area contributed by atoms with Crippen molar-refractivity contribution in [2.45, 2.75) is 6.42 Å². The van der Waals surface area contributed by atoms with Gasteiger partial charge < -0.3 is 9.15 Å². The van der Waals surface area contributed by atoms with Crippen LogP contribution in [0.2, 0.25) is 0 Å². The van der Waals surface area contributed by atoms with E-state index < -0.39 is 0 Å². The van der Waals surface area contributed by atoms with E-state index in [2.05, 4.69) is 30.3 Å². The lowest BCUT2D eigenvalue weighted by Crippen LogP contribution is -1.89. The summed E-state index contributed by atoms with van der Waals surface area (Å²) < 4.78 is 10.7. The Hall–Kier alpha value is -2.22. The maximum Gasteiger partial charge on any atom is 0.119 e. The fraction of sp³-hybridized carbons (Fsp3) is 0.125. The van der Waals surface area contributed by atoms with Crippen LogP contribution >= 0.6 is 0 Å². The standard InChI is InChI=1S/C16H14O2/c1-17-14-7-8-16-12(10-14)4-2-5-13(16)11-15-6-3-9-18-15/h2-10H,11H2,1H3. The summed E-state index contributed by atoms with van der Waals surface area (Å²) in [6.45, 7) is 0. The molecule has 0 aliphatic heterocycles. The minimum Gasteiger partial charge on any atom is -0.497 e. The van der Waals surface area contributed by atoms with E-state index in [9.17, 15) is 0 Å². The Labute approximate surface area is 106 Å². The van der Waals surface area contributed by atoms with Crippen LogP contribution in [0.4, 0.5) is 0 Å². The van der Waals surface area contributed by atoms with Crippen LogP contribution < -0.4 is 4.74 Å². The van der Waals surface area contributed by atoms with Gasteiger partial charge in [0.1, 0.15) is 11.5 Å². The van der Waals surface area contributed by atoms with Gasteiger partial charge in [-0.1, -0.05) is 24.3 Å². The van der Waals surface area contributed by atoms with E-state index in [4.69, 9.17) is 9.15 Å². The van der Waals surface area contributed by atoms with Crippen LogP contribution in [0.25, 0.3) is 10.8 Å². The Balaban J connectivity index is 2.06. The zero-order valence-electron chi connectivity index (χ0n) is 10.2. The quantitative estimate of drug-likeness (QED) is 0.687. The first-order valence-electron chi connectivity index (χ1n) is 5.95. The monoisotopic (exact) mass is 238 g/mol. The molecule has 0 fully saturated rings. The first-order chi connectivity index (χ1) is 8.86. The Morgan fingerprint density at radius 2 is 2.00 bits per heavy atom. The molecule has 0 saturated heterocycles. The number of hydrogen-bond acceptors (Lipinski definition) is 2. The van der Waals surface area contributed by atoms with Gasteiger partial charge in [0.05, 0.1) is 13.4 Å². The average molecular weight is 238 g/mol. The Morgan fingerprint density at radius 1 is 1.06 bits per heavy atom. The molecule has 0 aliphatic carbocycles. The molecule has 1 heterocycles. The van der Waals surface area contributed by atoms with Gasteiger partial charge in [-0.3, -0.25) is 0 Å². The SMILES string of the molecule is COc1ccc2c(Cc3ccco3)cccc2c1. The molecule has 0 unspecified atom stereocenters. The summed E-state index contributed by atoms with van der Waals surface area (Å²) in [6, 6.07) is 16.4. The number of fused-ring (bicyclic) bond motifs is 1. The molecule has 0 amide bonds. The van der Waals surface area contributed by atoms with E-state index >= 15 is 0 Å². The summed E-state index contributed by atoms with van der Waals surface area (Å²) in [4.78, 5) is 0. The second-order valence-electron chi connectivity index (χ2n) is 4.26. The zero-order chi connectivity index (χ0) is 12.4. The van der Waals surface area contributed by atoms with Crippen molar-refractivity contribution in [1.82, 2.24) is 0 Å². The van der Waals surface area contributed by atoms with Crippen molar-refractivity contribution in [3.63, 3.8) is 0 Å². The number of rotatable bonds is 3. The van der Waals surface area contributed by atoms with Crippen LogP contribution in [0, 0.1) is 0 Å². The highest BCUT2D eigenvalue weighted by molar-refractivity contribution is 5.87. The first-order valence-corrected chi connectivity index (χ1v) is 5.95. The fourth-order valence-electron chi connectivity index (χ4n) is 2.21. The largest absolute Gasteiger partial charge is 0.497 e. The summed E-state index contributed by atoms with van der Waals surface area (Å²) in [5.74, 6) is 1.87. The highest BCUT2D eigenvalue weighted by Crippen LogP contribution is 2.25. The highest BCUT2D eigenvalue weighted by atomic mass is 16.5. The Kier molecular flexibility index (Phi) is 2.77. The summed E-state index contributed by atoms with van der Waals surface area (Å²) in [7, 11) is 1.69. The lowest BCUT2D eigenvalue weighted by atomic mass is 10.0. The smallest absolute Gasteiger partial charge is 0.119 e. The van der Waals surface area contributed by atoms with Crippen LogP contribution in [0.1, 0.15) is 11.3 Å². The van der Waals surface area contributed by atoms with E-state index in [1.54, 1.807) is 13.4 Å². The molecular formula is C16H14O2. The third-order valence-corrected chi connectivity index (χ3v) is 3.12. The molecule has 0 N–H and O–H groups in total. The molecule has 0 radical (unpaired) electrons. The number of hydrogen-bond donors (Lipinski definition) is 0. The van der Waals surface area contributed by atoms with Crippen LogP contribution in [-0.2, 0) is 6.42 Å². The Morgan fingerprint density at radius 3 is 2.78 bits per heavy atom. The second kappa shape index (κ2) is 4.57. The molecule has 2 heteroatoms. The van der Waals surface area contributed by atoms with Gasteiger partial charge in [-0.15, -0.1) is 0 Å². The van der Waals surface area contributed by atoms with Crippen LogP contribution in [0.5, 0.6) is 5.75 Å². The van der Waals surface area contributed by atoms with Gasteiger partial charge in [-0.05, 0) is 40.6 Å². The minimum absolute atomic E-state index is 0.816. The van der Waals surface area contributed by atoms with Crippen molar-refractivity contribution in [2.24, 2.45) is 0 Å². The Bertz CT molecular complexity index is 654. The lowest BCUT2D eigenvalue weighted by molar-refractivity contribution is 0.415. The van der Waals surface area contributed by atoms with Gasteiger partial charge >= 0.3 is 0 Å². The van der Waals surface area contributed by atoms with Crippen molar-refractivity contribution in [3.05, 3.63) is 66.1 Å². The van der Waals surface area contributed by atoms with Gasteiger partial charge in [0.25, 0.3) is 0 Å². The molecule has 2 aromatic carbocycles. The molecule has 0 aliphatic rings. The molecule has 0 bridgehead atoms. The van der Waals surface area contributed by atoms with Crippen LogP contribution in [0.15, 0.2) is 59.2 Å². The normalized spacial score (nSPS) is 10.7. The van der Waals surface area contributed by atoms with Gasteiger partial charge in [0.15, 0.2) is 0 Å². The maximum atomic E-state index is 5.41. The van der Waals surface area contributed by atoms with Gasteiger partial charge in [-0.25, -0.2) is 0 Å². The van der Waals surface area contributed by atoms with Crippen molar-refractivity contribution in [2.75, 3.05) is 7.11 Å². The summed E-state index contributed by atoms with van der Waals surface area (Å²) in [6.07, 6.45) is 2.53.